The van der Waals surface area contributed by atoms with Gasteiger partial charge in [0, 0.05) is 55.3 Å². The Morgan fingerprint density at radius 1 is 0.420 bits per heavy atom. The number of aliphatic hydroxyl groups excluding tert-OH is 1. The van der Waals surface area contributed by atoms with Gasteiger partial charge >= 0.3 is 0 Å². The number of hydrogen-bond donors (Lipinski definition) is 3. The van der Waals surface area contributed by atoms with Gasteiger partial charge < -0.3 is 29.4 Å². The molecule has 3 N–H and O–H groups in total. The number of H-pyrrole nitrogens is 1. The van der Waals surface area contributed by atoms with Gasteiger partial charge in [-0.3, -0.25) is 4.79 Å². The molecule has 0 saturated heterocycles. The first kappa shape index (κ1) is 85.3. The second kappa shape index (κ2) is 43.8. The minimum absolute atomic E-state index is 0. The maximum absolute atomic E-state index is 13.9. The molecule has 0 unspecified atom stereocenters. The van der Waals surface area contributed by atoms with E-state index in [4.69, 9.17) is 9.47 Å². The molecule has 18 rings (SSSR count). The van der Waals surface area contributed by atoms with Crippen LogP contribution in [0.25, 0.3) is 33.4 Å². The summed E-state index contributed by atoms with van der Waals surface area (Å²) in [7, 11) is -0.156. The van der Waals surface area contributed by atoms with Crippen LogP contribution in [0.1, 0.15) is 35.3 Å². The van der Waals surface area contributed by atoms with E-state index in [2.05, 4.69) is 379 Å². The van der Waals surface area contributed by atoms with Gasteiger partial charge in [-0.2, -0.15) is 0 Å². The minimum Gasteiger partial charge on any atom is -0.493 e. The van der Waals surface area contributed by atoms with Gasteiger partial charge in [-0.05, 0) is 187 Å². The second-order valence-corrected chi connectivity index (χ2v) is 37.2. The van der Waals surface area contributed by atoms with E-state index in [-0.39, 0.29) is 44.9 Å². The number of hydrogen-bond acceptors (Lipinski definition) is 4. The average Bonchev–Trinajstić information content (AvgIpc) is 1.60. The number of aryl methyl sites for hydroxylation is 1. The summed E-state index contributed by atoms with van der Waals surface area (Å²) in [6.45, 7) is 4.34. The molecule has 2 aromatic heterocycles. The molecule has 0 spiro atoms. The standard InChI is InChI=1S/C34H34FN3O4.4C18H15P.Pd/c1-20(2)42-32-17-27-22(15-31(32)41-3)12-13-38-30(27)16-28(33(38)21-8-10-24(35)11-9-21)34(40)37-25(19-39)14-23-18-36-29-7-5-4-6-26(23)29;4*1-4-10-16(11-5-1)19(17-12-6-2-7-13-17)18-14-8-3-9-15-18;/h4-11,15-18,20,25,36,39H,12-14,19H2,1-3H3,(H,37,40);4*1-15H;/t25-;;;;;/m1...../s1. The molecule has 0 fully saturated rings. The van der Waals surface area contributed by atoms with E-state index in [0.717, 1.165) is 45.3 Å². The number of carbonyl (C=O) groups excluding carboxylic acids is 1. The summed E-state index contributed by atoms with van der Waals surface area (Å²) < 4.78 is 27.7. The van der Waals surface area contributed by atoms with Gasteiger partial charge in [0.05, 0.1) is 37.1 Å². The van der Waals surface area contributed by atoms with E-state index >= 15 is 0 Å². The van der Waals surface area contributed by atoms with Crippen LogP contribution in [0.15, 0.2) is 437 Å². The summed E-state index contributed by atoms with van der Waals surface area (Å²) in [6.07, 6.45) is 3.06. The molecule has 1 amide bonds. The molecule has 0 bridgehead atoms. The Labute approximate surface area is 718 Å². The molecule has 13 heteroatoms. The van der Waals surface area contributed by atoms with Crippen LogP contribution in [0.3, 0.4) is 0 Å². The van der Waals surface area contributed by atoms with Crippen LogP contribution in [0.2, 0.25) is 0 Å². The fourth-order valence-electron chi connectivity index (χ4n) is 14.6. The number of carbonyl (C=O) groups is 1. The van der Waals surface area contributed by atoms with Crippen molar-refractivity contribution >= 4 is 112 Å². The average molecular weight is 1720 g/mol. The molecule has 0 saturated carbocycles. The largest absolute Gasteiger partial charge is 0.493 e. The number of benzene rings is 15. The van der Waals surface area contributed by atoms with Crippen molar-refractivity contribution in [3.05, 3.63) is 459 Å². The van der Waals surface area contributed by atoms with Crippen molar-refractivity contribution < 1.29 is 44.2 Å². The second-order valence-electron chi connectivity index (χ2n) is 28.3. The fraction of sp³-hybridized carbons (Fsp3) is 0.0849. The first-order valence-corrected chi connectivity index (χ1v) is 45.2. The minimum atomic E-state index is -0.503. The van der Waals surface area contributed by atoms with E-state index in [1.54, 1.807) is 19.2 Å². The summed E-state index contributed by atoms with van der Waals surface area (Å²) in [5.41, 5.74) is 6.85. The Morgan fingerprint density at radius 3 is 1.03 bits per heavy atom. The number of aromatic nitrogens is 2. The third-order valence-electron chi connectivity index (χ3n) is 20.0. The normalized spacial score (nSPS) is 11.4. The van der Waals surface area contributed by atoms with E-state index in [1.165, 1.54) is 75.8 Å². The van der Waals surface area contributed by atoms with Crippen LogP contribution < -0.4 is 78.4 Å². The zero-order chi connectivity index (χ0) is 81.0. The van der Waals surface area contributed by atoms with E-state index in [9.17, 15) is 14.3 Å². The predicted octanol–water partition coefficient (Wildman–Crippen LogP) is 19.9. The van der Waals surface area contributed by atoms with Crippen molar-refractivity contribution in [2.24, 2.45) is 0 Å². The first-order chi connectivity index (χ1) is 58.2. The number of aromatic amines is 1. The molecule has 17 aromatic rings. The van der Waals surface area contributed by atoms with Crippen LogP contribution in [-0.2, 0) is 39.8 Å². The van der Waals surface area contributed by atoms with E-state index in [1.807, 2.05) is 62.5 Å². The quantitative estimate of drug-likeness (QED) is 0.0494. The number of amides is 1. The molecule has 1 aliphatic heterocycles. The SMILES string of the molecule is COc1cc2c(cc1OC(C)C)-c1cc(C(=O)N[C@@H](CO)Cc3c[nH]c4ccccc34)c(-c3ccc(F)cc3)n1CC2.[Pd].c1ccc(P(c2ccccc2)c2ccccc2)cc1.c1ccc(P(c2ccccc2)c2ccccc2)cc1.c1ccc(P(c2ccccc2)c2ccccc2)cc1.c1ccc(P(c2ccccc2)c2ccccc2)cc1. The Morgan fingerprint density at radius 2 is 0.731 bits per heavy atom. The number of para-hydroxylation sites is 1. The Kier molecular flexibility index (Phi) is 31.4. The third-order valence-corrected chi connectivity index (χ3v) is 29.7. The number of halogens is 1. The molecule has 7 nitrogen and oxygen atoms in total. The molecular formula is C106H94FN3O4P4Pd. The van der Waals surface area contributed by atoms with E-state index in [0.29, 0.717) is 35.7 Å². The number of fused-ring (bicyclic) bond motifs is 4. The Bertz CT molecular complexity index is 5030. The molecule has 594 valence electrons. The fourth-order valence-corrected chi connectivity index (χ4v) is 23.8. The van der Waals surface area contributed by atoms with Crippen molar-refractivity contribution in [1.29, 1.82) is 0 Å². The van der Waals surface area contributed by atoms with Gasteiger partial charge in [-0.25, -0.2) is 4.39 Å². The van der Waals surface area contributed by atoms with Crippen LogP contribution in [0.4, 0.5) is 4.39 Å². The zero-order valence-electron chi connectivity index (χ0n) is 66.7. The van der Waals surface area contributed by atoms with Gasteiger partial charge in [0.2, 0.25) is 0 Å². The number of aliphatic hydroxyl groups is 1. The number of methoxy groups -OCH3 is 1. The van der Waals surface area contributed by atoms with Crippen molar-refractivity contribution in [1.82, 2.24) is 14.9 Å². The van der Waals surface area contributed by atoms with E-state index < -0.39 is 37.7 Å². The van der Waals surface area contributed by atoms with Gasteiger partial charge in [-0.1, -0.05) is 382 Å². The monoisotopic (exact) mass is 1720 g/mol. The molecular weight excluding hydrogens is 1630 g/mol. The molecule has 0 aliphatic carbocycles. The van der Waals surface area contributed by atoms with Crippen LogP contribution in [0.5, 0.6) is 11.5 Å². The van der Waals surface area contributed by atoms with Crippen LogP contribution >= 0.6 is 31.7 Å². The molecule has 15 aromatic carbocycles. The maximum atomic E-state index is 13.9. The van der Waals surface area contributed by atoms with Crippen molar-refractivity contribution in [2.75, 3.05) is 13.7 Å². The predicted molar refractivity (Wildman–Crippen MR) is 502 cm³/mol. The number of ether oxygens (including phenoxy) is 2. The maximum Gasteiger partial charge on any atom is 0.253 e. The molecule has 119 heavy (non-hydrogen) atoms. The summed E-state index contributed by atoms with van der Waals surface area (Å²) in [5, 5.41) is 31.2. The first-order valence-electron chi connectivity index (χ1n) is 39.8. The van der Waals surface area contributed by atoms with Gasteiger partial charge in [0.1, 0.15) is 5.82 Å². The van der Waals surface area contributed by atoms with Crippen molar-refractivity contribution in [3.63, 3.8) is 0 Å². The van der Waals surface area contributed by atoms with Crippen LogP contribution in [0, 0.1) is 5.82 Å². The summed E-state index contributed by atoms with van der Waals surface area (Å²) >= 11 is 0. The number of nitrogens with one attached hydrogen (secondary N) is 2. The summed E-state index contributed by atoms with van der Waals surface area (Å²) in [5.74, 6) is 0.655. The third kappa shape index (κ3) is 22.5. The number of nitrogens with zero attached hydrogens (tertiary/aromatic N) is 1. The number of rotatable bonds is 21. The molecule has 3 heterocycles. The molecule has 1 aliphatic rings. The smallest absolute Gasteiger partial charge is 0.253 e. The van der Waals surface area contributed by atoms with Crippen LogP contribution in [-0.4, -0.2) is 46.4 Å². The van der Waals surface area contributed by atoms with Crippen molar-refractivity contribution in [2.45, 2.75) is 45.4 Å². The van der Waals surface area contributed by atoms with Gasteiger partial charge in [0.15, 0.2) is 11.5 Å². The molecule has 0 radical (unpaired) electrons. The van der Waals surface area contributed by atoms with Crippen molar-refractivity contribution in [3.8, 4) is 34.0 Å². The van der Waals surface area contributed by atoms with Gasteiger partial charge in [0.25, 0.3) is 5.91 Å². The Hall–Kier alpha value is -11.5. The Balaban J connectivity index is 0.000000136. The summed E-state index contributed by atoms with van der Waals surface area (Å²) in [4.78, 5) is 17.2. The topological polar surface area (TPSA) is 88.5 Å². The van der Waals surface area contributed by atoms with Gasteiger partial charge in [-0.15, -0.1) is 0 Å². The molecule has 1 atom stereocenters. The zero-order valence-corrected chi connectivity index (χ0v) is 71.8. The summed E-state index contributed by atoms with van der Waals surface area (Å²) in [6, 6.07) is 149.